The number of ether oxygens (including phenoxy) is 1. The number of nitrogens with zero attached hydrogens (tertiary/aromatic N) is 2. The molecule has 0 aromatic heterocycles. The Labute approximate surface area is 172 Å². The number of non-ortho nitro benzene ring substituents is 1. The van der Waals surface area contributed by atoms with Crippen LogP contribution in [0.5, 0.6) is 11.5 Å². The molecule has 0 aliphatic carbocycles. The molecular formula is C19H12BrN3O6. The Morgan fingerprint density at radius 2 is 1.62 bits per heavy atom. The molecule has 0 aliphatic rings. The Kier molecular flexibility index (Phi) is 5.84. The fourth-order valence-electron chi connectivity index (χ4n) is 2.43. The number of hydrogen-bond acceptors (Lipinski definition) is 6. The van der Waals surface area contributed by atoms with Gasteiger partial charge in [0.25, 0.3) is 11.6 Å². The molecule has 0 bridgehead atoms. The lowest BCUT2D eigenvalue weighted by Crippen LogP contribution is -2.12. The highest BCUT2D eigenvalue weighted by Crippen LogP contribution is 2.34. The number of halogens is 1. The third kappa shape index (κ3) is 4.74. The molecule has 0 atom stereocenters. The van der Waals surface area contributed by atoms with E-state index in [2.05, 4.69) is 21.2 Å². The first-order chi connectivity index (χ1) is 13.8. The molecule has 0 heterocycles. The zero-order chi connectivity index (χ0) is 21.0. The molecule has 29 heavy (non-hydrogen) atoms. The van der Waals surface area contributed by atoms with Gasteiger partial charge in [-0.05, 0) is 58.4 Å². The maximum atomic E-state index is 12.3. The molecular weight excluding hydrogens is 446 g/mol. The molecule has 1 N–H and O–H groups in total. The van der Waals surface area contributed by atoms with Gasteiger partial charge in [0.1, 0.15) is 5.75 Å². The minimum atomic E-state index is -0.755. The van der Waals surface area contributed by atoms with Crippen LogP contribution in [0.1, 0.15) is 10.4 Å². The Morgan fingerprint density at radius 1 is 0.931 bits per heavy atom. The lowest BCUT2D eigenvalue weighted by Gasteiger charge is -2.09. The molecule has 10 heteroatoms. The van der Waals surface area contributed by atoms with Crippen molar-refractivity contribution < 1.29 is 19.4 Å². The van der Waals surface area contributed by atoms with E-state index in [-0.39, 0.29) is 17.4 Å². The topological polar surface area (TPSA) is 125 Å². The Morgan fingerprint density at radius 3 is 2.24 bits per heavy atom. The molecule has 0 aliphatic heterocycles. The van der Waals surface area contributed by atoms with E-state index in [9.17, 15) is 25.0 Å². The van der Waals surface area contributed by atoms with E-state index in [0.29, 0.717) is 15.7 Å². The van der Waals surface area contributed by atoms with Crippen molar-refractivity contribution in [2.75, 3.05) is 5.32 Å². The first-order valence-electron chi connectivity index (χ1n) is 8.12. The third-order valence-electron chi connectivity index (χ3n) is 3.81. The van der Waals surface area contributed by atoms with Crippen molar-refractivity contribution in [3.05, 3.63) is 97.0 Å². The van der Waals surface area contributed by atoms with Gasteiger partial charge in [-0.2, -0.15) is 0 Å². The average Bonchev–Trinajstić information content (AvgIpc) is 2.69. The summed E-state index contributed by atoms with van der Waals surface area (Å²) in [6.07, 6.45) is 0. The molecule has 0 unspecified atom stereocenters. The minimum Gasteiger partial charge on any atom is -0.450 e. The van der Waals surface area contributed by atoms with Gasteiger partial charge in [0.05, 0.1) is 21.5 Å². The van der Waals surface area contributed by atoms with Gasteiger partial charge in [-0.3, -0.25) is 25.0 Å². The second-order valence-corrected chi connectivity index (χ2v) is 6.58. The fourth-order valence-corrected chi connectivity index (χ4v) is 2.89. The third-order valence-corrected chi connectivity index (χ3v) is 4.50. The van der Waals surface area contributed by atoms with E-state index in [1.807, 2.05) is 0 Å². The maximum Gasteiger partial charge on any atom is 0.318 e. The van der Waals surface area contributed by atoms with Crippen molar-refractivity contribution in [2.24, 2.45) is 0 Å². The molecule has 0 saturated carbocycles. The normalized spacial score (nSPS) is 10.2. The van der Waals surface area contributed by atoms with E-state index in [1.54, 1.807) is 36.4 Å². The fraction of sp³-hybridized carbons (Fsp3) is 0. The van der Waals surface area contributed by atoms with Crippen LogP contribution in [0.25, 0.3) is 0 Å². The van der Waals surface area contributed by atoms with Gasteiger partial charge in [0.2, 0.25) is 5.75 Å². The number of carbonyl (C=O) groups is 1. The highest BCUT2D eigenvalue weighted by Gasteiger charge is 2.21. The number of hydrogen-bond donors (Lipinski definition) is 1. The summed E-state index contributed by atoms with van der Waals surface area (Å²) >= 11 is 3.31. The average molecular weight is 458 g/mol. The molecule has 9 nitrogen and oxygen atoms in total. The maximum absolute atomic E-state index is 12.3. The number of rotatable bonds is 6. The van der Waals surface area contributed by atoms with Gasteiger partial charge in [-0.25, -0.2) is 0 Å². The Bertz CT molecular complexity index is 1100. The van der Waals surface area contributed by atoms with Crippen LogP contribution in [0.15, 0.2) is 71.2 Å². The molecule has 1 amide bonds. The number of benzene rings is 3. The first kappa shape index (κ1) is 20.0. The molecule has 0 spiro atoms. The van der Waals surface area contributed by atoms with Gasteiger partial charge >= 0.3 is 5.69 Å². The lowest BCUT2D eigenvalue weighted by molar-refractivity contribution is -0.394. The molecule has 3 rings (SSSR count). The van der Waals surface area contributed by atoms with Crippen LogP contribution in [-0.4, -0.2) is 15.8 Å². The van der Waals surface area contributed by atoms with Gasteiger partial charge < -0.3 is 10.1 Å². The second-order valence-electron chi connectivity index (χ2n) is 5.73. The van der Waals surface area contributed by atoms with Crippen molar-refractivity contribution in [3.63, 3.8) is 0 Å². The highest BCUT2D eigenvalue weighted by molar-refractivity contribution is 9.10. The van der Waals surface area contributed by atoms with Crippen LogP contribution < -0.4 is 10.1 Å². The second kappa shape index (κ2) is 8.48. The summed E-state index contributed by atoms with van der Waals surface area (Å²) in [7, 11) is 0. The lowest BCUT2D eigenvalue weighted by atomic mass is 10.2. The highest BCUT2D eigenvalue weighted by atomic mass is 79.9. The number of nitro groups is 2. The minimum absolute atomic E-state index is 0.134. The number of nitro benzene ring substituents is 2. The van der Waals surface area contributed by atoms with Crippen LogP contribution in [0.2, 0.25) is 0 Å². The monoisotopic (exact) mass is 457 g/mol. The van der Waals surface area contributed by atoms with E-state index >= 15 is 0 Å². The van der Waals surface area contributed by atoms with Gasteiger partial charge in [-0.15, -0.1) is 0 Å². The summed E-state index contributed by atoms with van der Waals surface area (Å²) in [6, 6.07) is 16.3. The van der Waals surface area contributed by atoms with Crippen molar-refractivity contribution in [3.8, 4) is 11.5 Å². The van der Waals surface area contributed by atoms with E-state index in [1.165, 1.54) is 18.2 Å². The summed E-state index contributed by atoms with van der Waals surface area (Å²) < 4.78 is 6.14. The zero-order valence-electron chi connectivity index (χ0n) is 14.6. The number of carbonyl (C=O) groups excluding carboxylic acids is 1. The quantitative estimate of drug-likeness (QED) is 0.394. The summed E-state index contributed by atoms with van der Waals surface area (Å²) in [5, 5.41) is 24.7. The van der Waals surface area contributed by atoms with Crippen molar-refractivity contribution in [2.45, 2.75) is 0 Å². The first-order valence-corrected chi connectivity index (χ1v) is 8.91. The van der Waals surface area contributed by atoms with Crippen LogP contribution in [0.3, 0.4) is 0 Å². The van der Waals surface area contributed by atoms with E-state index in [4.69, 9.17) is 4.74 Å². The number of nitrogens with one attached hydrogen (secondary N) is 1. The predicted octanol–water partition coefficient (Wildman–Crippen LogP) is 5.31. The molecule has 0 radical (unpaired) electrons. The molecule has 0 fully saturated rings. The van der Waals surface area contributed by atoms with Crippen LogP contribution in [-0.2, 0) is 0 Å². The SMILES string of the molecule is O=C(Nc1ccc(Oc2ccc([N+](=O)[O-])cc2[N+](=O)[O-])cc1)c1ccccc1Br. The molecule has 3 aromatic rings. The largest absolute Gasteiger partial charge is 0.450 e. The Balaban J connectivity index is 1.76. The summed E-state index contributed by atoms with van der Waals surface area (Å²) in [6.45, 7) is 0. The zero-order valence-corrected chi connectivity index (χ0v) is 16.2. The smallest absolute Gasteiger partial charge is 0.318 e. The van der Waals surface area contributed by atoms with Gasteiger partial charge in [0.15, 0.2) is 0 Å². The molecule has 146 valence electrons. The summed E-state index contributed by atoms with van der Waals surface area (Å²) in [5.74, 6) is -0.177. The van der Waals surface area contributed by atoms with Crippen molar-refractivity contribution in [1.82, 2.24) is 0 Å². The summed E-state index contributed by atoms with van der Waals surface area (Å²) in [5.41, 5.74) is 0.0327. The van der Waals surface area contributed by atoms with Crippen molar-refractivity contribution in [1.29, 1.82) is 0 Å². The molecule has 3 aromatic carbocycles. The van der Waals surface area contributed by atoms with E-state index < -0.39 is 21.2 Å². The number of amides is 1. The standard InChI is InChI=1S/C19H12BrN3O6/c20-16-4-2-1-3-15(16)19(24)21-12-5-8-14(9-6-12)29-18-10-7-13(22(25)26)11-17(18)23(27)28/h1-11H,(H,21,24). The Hall–Kier alpha value is -3.79. The van der Waals surface area contributed by atoms with Gasteiger partial charge in [0, 0.05) is 16.2 Å². The van der Waals surface area contributed by atoms with E-state index in [0.717, 1.165) is 12.1 Å². The van der Waals surface area contributed by atoms with Crippen LogP contribution >= 0.6 is 15.9 Å². The van der Waals surface area contributed by atoms with Crippen LogP contribution in [0, 0.1) is 20.2 Å². The van der Waals surface area contributed by atoms with Crippen LogP contribution in [0.4, 0.5) is 17.1 Å². The van der Waals surface area contributed by atoms with Gasteiger partial charge in [-0.1, -0.05) is 12.1 Å². The number of anilines is 1. The summed E-state index contributed by atoms with van der Waals surface area (Å²) in [4.78, 5) is 32.8. The molecule has 0 saturated heterocycles. The predicted molar refractivity (Wildman–Crippen MR) is 108 cm³/mol. The van der Waals surface area contributed by atoms with Crippen molar-refractivity contribution >= 4 is 38.9 Å².